The van der Waals surface area contributed by atoms with Crippen LogP contribution in [0.3, 0.4) is 0 Å². The number of aryl methyl sites for hydroxylation is 1. The number of fused-ring (bicyclic) bond motifs is 1. The fraction of sp³-hybridized carbons (Fsp3) is 0.412. The average Bonchev–Trinajstić information content (AvgIpc) is 3.01. The molecule has 0 aliphatic carbocycles. The summed E-state index contributed by atoms with van der Waals surface area (Å²) in [6.07, 6.45) is 6.08. The zero-order chi connectivity index (χ0) is 32.9. The van der Waals surface area contributed by atoms with Gasteiger partial charge < -0.3 is 19.7 Å². The van der Waals surface area contributed by atoms with Crippen molar-refractivity contribution in [3.8, 4) is 22.9 Å². The van der Waals surface area contributed by atoms with Crippen molar-refractivity contribution in [1.82, 2.24) is 19.9 Å². The van der Waals surface area contributed by atoms with Crippen molar-refractivity contribution in [2.24, 2.45) is 0 Å². The van der Waals surface area contributed by atoms with Gasteiger partial charge in [-0.1, -0.05) is 37.6 Å². The van der Waals surface area contributed by atoms with Gasteiger partial charge in [0.15, 0.2) is 0 Å². The van der Waals surface area contributed by atoms with Crippen LogP contribution in [0.15, 0.2) is 60.9 Å². The van der Waals surface area contributed by atoms with E-state index in [0.29, 0.717) is 54.0 Å². The van der Waals surface area contributed by atoms with Crippen molar-refractivity contribution in [3.05, 3.63) is 66.5 Å². The highest BCUT2D eigenvalue weighted by atomic mass is 32.2. The van der Waals surface area contributed by atoms with Gasteiger partial charge in [-0.25, -0.2) is 28.2 Å². The van der Waals surface area contributed by atoms with Gasteiger partial charge in [-0.05, 0) is 76.8 Å². The number of amides is 1. The molecule has 3 heterocycles. The summed E-state index contributed by atoms with van der Waals surface area (Å²) in [5.41, 5.74) is 2.09. The number of carbonyl (C=O) groups is 1. The van der Waals surface area contributed by atoms with Crippen LogP contribution in [0.5, 0.6) is 11.6 Å². The Balaban J connectivity index is 1.39. The van der Waals surface area contributed by atoms with Gasteiger partial charge in [-0.15, -0.1) is 0 Å². The van der Waals surface area contributed by atoms with E-state index in [1.54, 1.807) is 29.4 Å². The number of aromatic nitrogens is 3. The molecule has 244 valence electrons. The quantitative estimate of drug-likeness (QED) is 0.184. The summed E-state index contributed by atoms with van der Waals surface area (Å²) in [4.78, 5) is 28.1. The molecular weight excluding hydrogens is 604 g/mol. The van der Waals surface area contributed by atoms with Crippen molar-refractivity contribution in [2.45, 2.75) is 71.9 Å². The minimum absolute atomic E-state index is 0.0342. The zero-order valence-electron chi connectivity index (χ0n) is 27.0. The summed E-state index contributed by atoms with van der Waals surface area (Å²) >= 11 is 0. The van der Waals surface area contributed by atoms with Crippen LogP contribution in [0.4, 0.5) is 16.4 Å². The lowest BCUT2D eigenvalue weighted by Gasteiger charge is -2.34. The number of anilines is 2. The van der Waals surface area contributed by atoms with Gasteiger partial charge >= 0.3 is 6.09 Å². The number of rotatable bonds is 10. The Labute approximate surface area is 270 Å². The number of piperidine rings is 1. The Morgan fingerprint density at radius 3 is 2.65 bits per heavy atom. The third-order valence-corrected chi connectivity index (χ3v) is 8.91. The van der Waals surface area contributed by atoms with Gasteiger partial charge in [0.2, 0.25) is 21.9 Å². The van der Waals surface area contributed by atoms with Crippen LogP contribution in [0.25, 0.3) is 22.0 Å². The number of unbranched alkanes of at least 4 members (excludes halogenated alkanes) is 1. The maximum absolute atomic E-state index is 12.7. The molecular formula is C34H42N6O5S. The fourth-order valence-corrected chi connectivity index (χ4v) is 6.61. The molecule has 1 amide bonds. The minimum atomic E-state index is -3.49. The molecule has 12 heteroatoms. The Morgan fingerprint density at radius 2 is 1.87 bits per heavy atom. The maximum atomic E-state index is 12.7. The third kappa shape index (κ3) is 8.22. The predicted octanol–water partition coefficient (Wildman–Crippen LogP) is 7.15. The summed E-state index contributed by atoms with van der Waals surface area (Å²) in [5.74, 6) is 1.42. The highest BCUT2D eigenvalue weighted by Crippen LogP contribution is 2.39. The molecule has 2 aromatic heterocycles. The Hall–Kier alpha value is -4.45. The first-order valence-electron chi connectivity index (χ1n) is 15.7. The van der Waals surface area contributed by atoms with Crippen LogP contribution in [-0.2, 0) is 14.8 Å². The number of likely N-dealkylation sites (tertiary alicyclic amines) is 1. The van der Waals surface area contributed by atoms with E-state index in [1.807, 2.05) is 71.0 Å². The van der Waals surface area contributed by atoms with Crippen molar-refractivity contribution in [2.75, 3.05) is 28.9 Å². The molecule has 1 saturated heterocycles. The number of hydrogen-bond donors (Lipinski definition) is 2. The van der Waals surface area contributed by atoms with Gasteiger partial charge in [-0.3, -0.25) is 4.72 Å². The van der Waals surface area contributed by atoms with E-state index < -0.39 is 15.6 Å². The molecule has 4 aromatic rings. The number of nitrogens with one attached hydrogen (secondary N) is 2. The third-order valence-electron chi connectivity index (χ3n) is 7.55. The van der Waals surface area contributed by atoms with Gasteiger partial charge in [0.1, 0.15) is 11.4 Å². The summed E-state index contributed by atoms with van der Waals surface area (Å²) < 4.78 is 40.2. The van der Waals surface area contributed by atoms with E-state index in [9.17, 15) is 13.2 Å². The van der Waals surface area contributed by atoms with E-state index in [-0.39, 0.29) is 17.9 Å². The van der Waals surface area contributed by atoms with Crippen LogP contribution in [0.1, 0.15) is 58.9 Å². The first kappa shape index (κ1) is 32.9. The predicted molar refractivity (Wildman–Crippen MR) is 181 cm³/mol. The fourth-order valence-electron chi connectivity index (χ4n) is 5.33. The number of ether oxygens (including phenoxy) is 2. The molecule has 1 unspecified atom stereocenters. The van der Waals surface area contributed by atoms with Crippen molar-refractivity contribution in [1.29, 1.82) is 0 Å². The molecule has 11 nitrogen and oxygen atoms in total. The molecule has 0 radical (unpaired) electrons. The van der Waals surface area contributed by atoms with E-state index in [4.69, 9.17) is 14.5 Å². The topological polar surface area (TPSA) is 136 Å². The molecule has 1 fully saturated rings. The maximum Gasteiger partial charge on any atom is 0.410 e. The largest absolute Gasteiger partial charge is 0.444 e. The molecule has 1 atom stereocenters. The van der Waals surface area contributed by atoms with Crippen LogP contribution in [-0.4, -0.2) is 64.8 Å². The van der Waals surface area contributed by atoms with Crippen molar-refractivity contribution in [3.63, 3.8) is 0 Å². The summed E-state index contributed by atoms with van der Waals surface area (Å²) in [6, 6.07) is 14.7. The standard InChI is InChI=1S/C34H42N6O5S/c1-6-7-21-46(42,43)39-29-14-8-12-26-25(29)16-15-23(2)30(26)44-31-27(13-9-18-35-31)28-17-19-36-32(38-28)37-24-11-10-20-40(22-24)33(41)45-34(3,4)5/h8-9,12-19,24,39H,6-7,10-11,20-22H2,1-5H3,(H,36,37,38). The normalized spacial score (nSPS) is 15.4. The van der Waals surface area contributed by atoms with E-state index in [2.05, 4.69) is 20.0 Å². The second-order valence-electron chi connectivity index (χ2n) is 12.5. The Morgan fingerprint density at radius 1 is 1.04 bits per heavy atom. The SMILES string of the molecule is CCCCS(=O)(=O)Nc1cccc2c(Oc3ncccc3-c3ccnc(NC4CCCN(C(=O)OC(C)(C)C)C4)n3)c(C)ccc12. The first-order chi connectivity index (χ1) is 21.9. The van der Waals surface area contributed by atoms with Crippen LogP contribution in [0, 0.1) is 6.92 Å². The minimum Gasteiger partial charge on any atom is -0.444 e. The van der Waals surface area contributed by atoms with Crippen molar-refractivity contribution < 1.29 is 22.7 Å². The van der Waals surface area contributed by atoms with E-state index in [0.717, 1.165) is 35.6 Å². The molecule has 46 heavy (non-hydrogen) atoms. The molecule has 2 aromatic carbocycles. The number of sulfonamides is 1. The van der Waals surface area contributed by atoms with Crippen LogP contribution < -0.4 is 14.8 Å². The number of benzene rings is 2. The highest BCUT2D eigenvalue weighted by Gasteiger charge is 2.28. The molecule has 1 aliphatic heterocycles. The second kappa shape index (κ2) is 13.9. The molecule has 2 N–H and O–H groups in total. The summed E-state index contributed by atoms with van der Waals surface area (Å²) in [5, 5.41) is 4.87. The highest BCUT2D eigenvalue weighted by molar-refractivity contribution is 7.92. The smallest absolute Gasteiger partial charge is 0.410 e. The van der Waals surface area contributed by atoms with Gasteiger partial charge in [0.05, 0.1) is 22.7 Å². The molecule has 0 bridgehead atoms. The average molecular weight is 647 g/mol. The lowest BCUT2D eigenvalue weighted by molar-refractivity contribution is 0.0206. The van der Waals surface area contributed by atoms with Gasteiger partial charge in [0.25, 0.3) is 0 Å². The van der Waals surface area contributed by atoms with Crippen LogP contribution >= 0.6 is 0 Å². The molecule has 0 saturated carbocycles. The molecule has 0 spiro atoms. The lowest BCUT2D eigenvalue weighted by atomic mass is 10.0. The van der Waals surface area contributed by atoms with Gasteiger partial charge in [0, 0.05) is 42.3 Å². The van der Waals surface area contributed by atoms with E-state index >= 15 is 0 Å². The first-order valence-corrected chi connectivity index (χ1v) is 17.3. The summed E-state index contributed by atoms with van der Waals surface area (Å²) in [7, 11) is -3.49. The number of pyridine rings is 1. The van der Waals surface area contributed by atoms with Gasteiger partial charge in [-0.2, -0.15) is 0 Å². The Bertz CT molecular complexity index is 1810. The van der Waals surface area contributed by atoms with Crippen molar-refractivity contribution >= 4 is 38.5 Å². The molecule has 5 rings (SSSR count). The Kier molecular flexibility index (Phi) is 9.95. The van der Waals surface area contributed by atoms with E-state index in [1.165, 1.54) is 0 Å². The summed E-state index contributed by atoms with van der Waals surface area (Å²) in [6.45, 7) is 10.6. The zero-order valence-corrected chi connectivity index (χ0v) is 27.9. The number of hydrogen-bond acceptors (Lipinski definition) is 9. The monoisotopic (exact) mass is 646 g/mol. The number of nitrogens with zero attached hydrogens (tertiary/aromatic N) is 4. The lowest BCUT2D eigenvalue weighted by Crippen LogP contribution is -2.47. The van der Waals surface area contributed by atoms with Crippen LogP contribution in [0.2, 0.25) is 0 Å². The molecule has 1 aliphatic rings. The number of carbonyl (C=O) groups excluding carboxylic acids is 1. The second-order valence-corrected chi connectivity index (χ2v) is 14.4.